The molecule has 1 fully saturated rings. The molecule has 0 unspecified atom stereocenters. The highest BCUT2D eigenvalue weighted by Crippen LogP contribution is 2.23. The predicted octanol–water partition coefficient (Wildman–Crippen LogP) is 2.52. The zero-order valence-electron chi connectivity index (χ0n) is 18.0. The number of hydrogen-bond acceptors (Lipinski definition) is 5. The normalized spacial score (nSPS) is 15.5. The molecule has 2 aromatic rings. The fourth-order valence-electron chi connectivity index (χ4n) is 3.27. The van der Waals surface area contributed by atoms with Crippen LogP contribution in [-0.4, -0.2) is 41.3 Å². The third kappa shape index (κ3) is 5.03. The number of hydrazine groups is 1. The van der Waals surface area contributed by atoms with E-state index in [1.165, 1.54) is 5.01 Å². The molecule has 1 heterocycles. The zero-order chi connectivity index (χ0) is 22.5. The Labute approximate surface area is 182 Å². The number of rotatable bonds is 8. The van der Waals surface area contributed by atoms with Gasteiger partial charge in [0.15, 0.2) is 5.84 Å². The molecule has 0 saturated carbocycles. The molecule has 1 aliphatic rings. The maximum atomic E-state index is 13.0. The summed E-state index contributed by atoms with van der Waals surface area (Å²) in [5.41, 5.74) is 7.72. The molecule has 31 heavy (non-hydrogen) atoms. The second-order valence-electron chi connectivity index (χ2n) is 7.81. The summed E-state index contributed by atoms with van der Waals surface area (Å²) in [6, 6.07) is 16.4. The van der Waals surface area contributed by atoms with Crippen molar-refractivity contribution < 1.29 is 9.59 Å². The lowest BCUT2D eigenvalue weighted by Crippen LogP contribution is -2.39. The predicted molar refractivity (Wildman–Crippen MR) is 121 cm³/mol. The number of anilines is 1. The number of hydrogen-bond donors (Lipinski definition) is 4. The van der Waals surface area contributed by atoms with Crippen molar-refractivity contribution in [2.75, 3.05) is 18.9 Å². The van der Waals surface area contributed by atoms with Crippen LogP contribution >= 0.6 is 0 Å². The van der Waals surface area contributed by atoms with Gasteiger partial charge in [-0.15, -0.1) is 0 Å². The lowest BCUT2D eigenvalue weighted by Gasteiger charge is -2.26. The Morgan fingerprint density at radius 1 is 1.10 bits per heavy atom. The number of benzene rings is 2. The number of primary amides is 1. The Morgan fingerprint density at radius 3 is 2.32 bits per heavy atom. The molecule has 3 rings (SSSR count). The van der Waals surface area contributed by atoms with Crippen LogP contribution in [0.2, 0.25) is 0 Å². The molecular weight excluding hydrogens is 392 g/mol. The van der Waals surface area contributed by atoms with E-state index in [0.29, 0.717) is 24.5 Å². The smallest absolute Gasteiger partial charge is 0.279 e. The van der Waals surface area contributed by atoms with Crippen LogP contribution in [0.3, 0.4) is 0 Å². The van der Waals surface area contributed by atoms with Gasteiger partial charge in [-0.25, -0.2) is 0 Å². The van der Waals surface area contributed by atoms with Crippen molar-refractivity contribution in [1.82, 2.24) is 15.3 Å². The van der Waals surface area contributed by atoms with Gasteiger partial charge in [0.2, 0.25) is 5.91 Å². The second-order valence-corrected chi connectivity index (χ2v) is 7.81. The zero-order valence-corrected chi connectivity index (χ0v) is 18.0. The highest BCUT2D eigenvalue weighted by atomic mass is 16.2. The number of amidine groups is 1. The SMILES string of the molecule is CC(C)CN1C(=N)/C(=C(\NCc2ccc(C(N)=O)cc2)Nc2ccccc2)C(=O)N1C. The number of carbonyl (C=O) groups is 2. The molecule has 8 heteroatoms. The van der Waals surface area contributed by atoms with Gasteiger partial charge in [-0.05, 0) is 35.7 Å². The molecule has 2 aromatic carbocycles. The first-order chi connectivity index (χ1) is 14.8. The summed E-state index contributed by atoms with van der Waals surface area (Å²) < 4.78 is 0. The minimum Gasteiger partial charge on any atom is -0.367 e. The van der Waals surface area contributed by atoms with Crippen molar-refractivity contribution in [2.45, 2.75) is 20.4 Å². The van der Waals surface area contributed by atoms with Gasteiger partial charge in [0.25, 0.3) is 5.91 Å². The molecule has 162 valence electrons. The monoisotopic (exact) mass is 420 g/mol. The van der Waals surface area contributed by atoms with Crippen LogP contribution in [0.25, 0.3) is 0 Å². The molecular formula is C23H28N6O2. The van der Waals surface area contributed by atoms with Crippen LogP contribution in [0.5, 0.6) is 0 Å². The number of nitrogens with one attached hydrogen (secondary N) is 3. The largest absolute Gasteiger partial charge is 0.367 e. The van der Waals surface area contributed by atoms with Gasteiger partial charge in [-0.2, -0.15) is 0 Å². The maximum Gasteiger partial charge on any atom is 0.279 e. The van der Waals surface area contributed by atoms with Gasteiger partial charge < -0.3 is 16.4 Å². The summed E-state index contributed by atoms with van der Waals surface area (Å²) in [7, 11) is 1.68. The van der Waals surface area contributed by atoms with Crippen molar-refractivity contribution >= 4 is 23.3 Å². The van der Waals surface area contributed by atoms with Gasteiger partial charge in [0, 0.05) is 31.4 Å². The average Bonchev–Trinajstić information content (AvgIpc) is 2.95. The van der Waals surface area contributed by atoms with Crippen molar-refractivity contribution in [3.63, 3.8) is 0 Å². The van der Waals surface area contributed by atoms with Gasteiger partial charge in [0.1, 0.15) is 11.4 Å². The third-order valence-corrected chi connectivity index (χ3v) is 4.90. The minimum absolute atomic E-state index is 0.149. The molecule has 0 radical (unpaired) electrons. The average molecular weight is 421 g/mol. The van der Waals surface area contributed by atoms with Crippen molar-refractivity contribution in [1.29, 1.82) is 5.41 Å². The molecule has 0 aliphatic carbocycles. The van der Waals surface area contributed by atoms with E-state index >= 15 is 0 Å². The molecule has 2 amide bonds. The highest BCUT2D eigenvalue weighted by Gasteiger charge is 2.38. The molecule has 8 nitrogen and oxygen atoms in total. The highest BCUT2D eigenvalue weighted by molar-refractivity contribution is 6.24. The number of carbonyl (C=O) groups excluding carboxylic acids is 2. The summed E-state index contributed by atoms with van der Waals surface area (Å²) in [5, 5.41) is 18.3. The van der Waals surface area contributed by atoms with Gasteiger partial charge in [-0.3, -0.25) is 25.0 Å². The first-order valence-electron chi connectivity index (χ1n) is 10.1. The first-order valence-corrected chi connectivity index (χ1v) is 10.1. The van der Waals surface area contributed by atoms with E-state index in [1.54, 1.807) is 36.3 Å². The summed E-state index contributed by atoms with van der Waals surface area (Å²) in [6.07, 6.45) is 0. The second kappa shape index (κ2) is 9.34. The van der Waals surface area contributed by atoms with Gasteiger partial charge >= 0.3 is 0 Å². The molecule has 5 N–H and O–H groups in total. The Kier molecular flexibility index (Phi) is 6.59. The van der Waals surface area contributed by atoms with Crippen LogP contribution in [0.4, 0.5) is 5.69 Å². The Balaban J connectivity index is 1.91. The van der Waals surface area contributed by atoms with Gasteiger partial charge in [0.05, 0.1) is 0 Å². The van der Waals surface area contributed by atoms with Crippen molar-refractivity contribution in [2.24, 2.45) is 11.7 Å². The van der Waals surface area contributed by atoms with Crippen LogP contribution in [-0.2, 0) is 11.3 Å². The summed E-state index contributed by atoms with van der Waals surface area (Å²) in [4.78, 5) is 24.3. The van der Waals surface area contributed by atoms with E-state index in [4.69, 9.17) is 11.1 Å². The fourth-order valence-corrected chi connectivity index (χ4v) is 3.27. The lowest BCUT2D eigenvalue weighted by atomic mass is 10.1. The van der Waals surface area contributed by atoms with E-state index in [0.717, 1.165) is 11.3 Å². The molecule has 1 saturated heterocycles. The molecule has 0 spiro atoms. The lowest BCUT2D eigenvalue weighted by molar-refractivity contribution is -0.132. The van der Waals surface area contributed by atoms with E-state index in [-0.39, 0.29) is 23.2 Å². The van der Waals surface area contributed by atoms with E-state index in [2.05, 4.69) is 10.6 Å². The summed E-state index contributed by atoms with van der Waals surface area (Å²) >= 11 is 0. The van der Waals surface area contributed by atoms with Crippen LogP contribution in [0.15, 0.2) is 66.0 Å². The topological polar surface area (TPSA) is 115 Å². The molecule has 1 aliphatic heterocycles. The van der Waals surface area contributed by atoms with Crippen LogP contribution < -0.4 is 16.4 Å². The molecule has 0 aromatic heterocycles. The number of nitrogens with zero attached hydrogens (tertiary/aromatic N) is 2. The Morgan fingerprint density at radius 2 is 1.74 bits per heavy atom. The summed E-state index contributed by atoms with van der Waals surface area (Å²) in [6.45, 7) is 5.05. The van der Waals surface area contributed by atoms with E-state index in [9.17, 15) is 9.59 Å². The molecule has 0 atom stereocenters. The van der Waals surface area contributed by atoms with Crippen LogP contribution in [0.1, 0.15) is 29.8 Å². The standard InChI is InChI=1S/C23H28N6O2/c1-15(2)14-29-20(24)19(23(31)28(29)3)22(27-18-7-5-4-6-8-18)26-13-16-9-11-17(12-10-16)21(25)30/h4-12,15,24,26-27H,13-14H2,1-3H3,(H2,25,30)/b22-19-,24-20?. The van der Waals surface area contributed by atoms with E-state index < -0.39 is 5.91 Å². The number of para-hydroxylation sites is 1. The van der Waals surface area contributed by atoms with Gasteiger partial charge in [-0.1, -0.05) is 44.2 Å². The Hall–Kier alpha value is -3.81. The minimum atomic E-state index is -0.480. The number of amides is 2. The fraction of sp³-hybridized carbons (Fsp3) is 0.261. The number of nitrogens with two attached hydrogens (primary N) is 1. The quantitative estimate of drug-likeness (QED) is 0.490. The van der Waals surface area contributed by atoms with E-state index in [1.807, 2.05) is 44.2 Å². The van der Waals surface area contributed by atoms with Crippen molar-refractivity contribution in [3.05, 3.63) is 77.1 Å². The third-order valence-electron chi connectivity index (χ3n) is 4.90. The summed E-state index contributed by atoms with van der Waals surface area (Å²) in [5.74, 6) is 0.165. The Bertz CT molecular complexity index is 998. The number of likely N-dealkylation sites (N-methyl/N-ethyl adjacent to an activating group) is 1. The molecule has 0 bridgehead atoms. The first kappa shape index (κ1) is 21.9. The van der Waals surface area contributed by atoms with Crippen LogP contribution in [0, 0.1) is 11.3 Å². The maximum absolute atomic E-state index is 13.0. The van der Waals surface area contributed by atoms with Crippen molar-refractivity contribution in [3.8, 4) is 0 Å².